The first kappa shape index (κ1) is 21.9. The van der Waals surface area contributed by atoms with Gasteiger partial charge < -0.3 is 33.6 Å². The normalized spacial score (nSPS) is 13.9. The molecule has 1 N–H and O–H groups in total. The number of aliphatic hydroxyl groups is 1. The molecule has 0 heterocycles. The van der Waals surface area contributed by atoms with Crippen LogP contribution in [0, 0.1) is 0 Å². The van der Waals surface area contributed by atoms with Crippen LogP contribution in [0.15, 0.2) is 0 Å². The fraction of sp³-hybridized carbons (Fsp3) is 1.00. The van der Waals surface area contributed by atoms with E-state index in [2.05, 4.69) is 20.9 Å². The van der Waals surface area contributed by atoms with Crippen LogP contribution >= 0.6 is 0 Å². The smallest absolute Gasteiger partial charge is 0.102 e. The first-order valence-electron chi connectivity index (χ1n) is 8.13. The molecule has 118 valence electrons. The van der Waals surface area contributed by atoms with Crippen molar-refractivity contribution < 1.29 is 33.6 Å². The molecular formula is C16H36INO. The van der Waals surface area contributed by atoms with Crippen molar-refractivity contribution in [2.45, 2.75) is 71.6 Å². The molecular weight excluding hydrogens is 349 g/mol. The van der Waals surface area contributed by atoms with Gasteiger partial charge in [0.1, 0.15) is 6.54 Å². The molecule has 3 heteroatoms. The maximum absolute atomic E-state index is 9.22. The molecule has 0 aromatic heterocycles. The van der Waals surface area contributed by atoms with Gasteiger partial charge in [0.2, 0.25) is 0 Å². The third-order valence-electron chi connectivity index (χ3n) is 3.99. The molecule has 0 amide bonds. The molecule has 0 fully saturated rings. The molecule has 0 saturated heterocycles. The van der Waals surface area contributed by atoms with Crippen molar-refractivity contribution in [3.05, 3.63) is 0 Å². The topological polar surface area (TPSA) is 20.2 Å². The maximum Gasteiger partial charge on any atom is 0.102 e. The van der Waals surface area contributed by atoms with Gasteiger partial charge in [-0.2, -0.15) is 0 Å². The van der Waals surface area contributed by atoms with Crippen LogP contribution in [-0.2, 0) is 0 Å². The van der Waals surface area contributed by atoms with E-state index in [0.717, 1.165) is 11.0 Å². The molecule has 0 aromatic carbocycles. The standard InChI is InChI=1S/C16H36NO.HI/c1-4-6-8-9-10-12-14-17(3,15-16-18)13-11-7-5-2;/h18H,4-16H2,1-3H3;1H/q+1;/p-1. The van der Waals surface area contributed by atoms with Crippen molar-refractivity contribution in [3.8, 4) is 0 Å². The molecule has 0 spiro atoms. The monoisotopic (exact) mass is 385 g/mol. The summed E-state index contributed by atoms with van der Waals surface area (Å²) in [5.41, 5.74) is 0. The third kappa shape index (κ3) is 13.4. The van der Waals surface area contributed by atoms with Gasteiger partial charge in [-0.3, -0.25) is 0 Å². The predicted molar refractivity (Wildman–Crippen MR) is 80.8 cm³/mol. The molecule has 0 aromatic rings. The summed E-state index contributed by atoms with van der Waals surface area (Å²) < 4.78 is 1.07. The Hall–Kier alpha value is 0.650. The number of likely N-dealkylation sites (N-methyl/N-ethyl adjacent to an activating group) is 1. The summed E-state index contributed by atoms with van der Waals surface area (Å²) in [5.74, 6) is 0. The van der Waals surface area contributed by atoms with E-state index in [1.165, 1.54) is 70.9 Å². The van der Waals surface area contributed by atoms with E-state index in [0.29, 0.717) is 6.61 Å². The number of rotatable bonds is 13. The van der Waals surface area contributed by atoms with E-state index >= 15 is 0 Å². The Balaban J connectivity index is 0. The Morgan fingerprint density at radius 1 is 0.684 bits per heavy atom. The van der Waals surface area contributed by atoms with E-state index < -0.39 is 0 Å². The minimum absolute atomic E-state index is 0. The number of hydrogen-bond acceptors (Lipinski definition) is 1. The van der Waals surface area contributed by atoms with Crippen LogP contribution in [0.2, 0.25) is 0 Å². The molecule has 0 aliphatic rings. The summed E-state index contributed by atoms with van der Waals surface area (Å²) in [6, 6.07) is 0. The van der Waals surface area contributed by atoms with Gasteiger partial charge in [0.25, 0.3) is 0 Å². The Morgan fingerprint density at radius 2 is 1.11 bits per heavy atom. The molecule has 0 aliphatic heterocycles. The van der Waals surface area contributed by atoms with Crippen molar-refractivity contribution in [3.63, 3.8) is 0 Å². The largest absolute Gasteiger partial charge is 1.00 e. The van der Waals surface area contributed by atoms with Gasteiger partial charge in [-0.05, 0) is 25.7 Å². The average molecular weight is 385 g/mol. The fourth-order valence-electron chi connectivity index (χ4n) is 2.59. The summed E-state index contributed by atoms with van der Waals surface area (Å²) in [6.45, 7) is 8.27. The van der Waals surface area contributed by atoms with Gasteiger partial charge in [0.05, 0.1) is 26.7 Å². The van der Waals surface area contributed by atoms with Gasteiger partial charge in [0, 0.05) is 0 Å². The summed E-state index contributed by atoms with van der Waals surface area (Å²) in [4.78, 5) is 0. The van der Waals surface area contributed by atoms with Crippen LogP contribution in [0.3, 0.4) is 0 Å². The lowest BCUT2D eigenvalue weighted by Crippen LogP contribution is -3.00. The lowest BCUT2D eigenvalue weighted by Gasteiger charge is -2.34. The Bertz CT molecular complexity index is 178. The van der Waals surface area contributed by atoms with Crippen molar-refractivity contribution in [2.24, 2.45) is 0 Å². The van der Waals surface area contributed by atoms with Crippen molar-refractivity contribution in [2.75, 3.05) is 33.3 Å². The first-order valence-corrected chi connectivity index (χ1v) is 8.13. The minimum Gasteiger partial charge on any atom is -1.00 e. The molecule has 19 heavy (non-hydrogen) atoms. The first-order chi connectivity index (χ1) is 8.68. The zero-order chi connectivity index (χ0) is 13.7. The summed E-state index contributed by atoms with van der Waals surface area (Å²) in [7, 11) is 2.32. The number of aliphatic hydroxyl groups excluding tert-OH is 1. The van der Waals surface area contributed by atoms with Gasteiger partial charge >= 0.3 is 0 Å². The van der Waals surface area contributed by atoms with Gasteiger partial charge in [-0.25, -0.2) is 0 Å². The molecule has 0 saturated carbocycles. The van der Waals surface area contributed by atoms with Crippen LogP contribution < -0.4 is 24.0 Å². The van der Waals surface area contributed by atoms with Crippen LogP contribution in [0.5, 0.6) is 0 Å². The van der Waals surface area contributed by atoms with Crippen molar-refractivity contribution in [1.29, 1.82) is 0 Å². The Labute approximate surface area is 138 Å². The number of hydrogen-bond donors (Lipinski definition) is 1. The van der Waals surface area contributed by atoms with E-state index in [9.17, 15) is 5.11 Å². The van der Waals surface area contributed by atoms with Gasteiger partial charge in [0.15, 0.2) is 0 Å². The lowest BCUT2D eigenvalue weighted by molar-refractivity contribution is -0.910. The van der Waals surface area contributed by atoms with Gasteiger partial charge in [-0.1, -0.05) is 46.0 Å². The highest BCUT2D eigenvalue weighted by molar-refractivity contribution is 4.47. The SMILES string of the molecule is CCCCCCCC[N+](C)(CCO)CCCCC.[I-]. The van der Waals surface area contributed by atoms with Crippen molar-refractivity contribution >= 4 is 0 Å². The molecule has 0 radical (unpaired) electrons. The second kappa shape index (κ2) is 15.0. The average Bonchev–Trinajstić information content (AvgIpc) is 2.34. The molecule has 1 atom stereocenters. The summed E-state index contributed by atoms with van der Waals surface area (Å²) in [5, 5.41) is 9.22. The van der Waals surface area contributed by atoms with Crippen molar-refractivity contribution in [1.82, 2.24) is 0 Å². The van der Waals surface area contributed by atoms with Crippen LogP contribution in [0.25, 0.3) is 0 Å². The molecule has 2 nitrogen and oxygen atoms in total. The van der Waals surface area contributed by atoms with Crippen LogP contribution in [-0.4, -0.2) is 42.9 Å². The van der Waals surface area contributed by atoms with E-state index in [-0.39, 0.29) is 24.0 Å². The maximum atomic E-state index is 9.22. The zero-order valence-electron chi connectivity index (χ0n) is 13.5. The highest BCUT2D eigenvalue weighted by Gasteiger charge is 2.19. The number of nitrogens with zero attached hydrogens (tertiary/aromatic N) is 1. The quantitative estimate of drug-likeness (QED) is 0.285. The van der Waals surface area contributed by atoms with E-state index in [4.69, 9.17) is 0 Å². The number of quaternary nitrogens is 1. The second-order valence-electron chi connectivity index (χ2n) is 5.99. The Morgan fingerprint density at radius 3 is 1.63 bits per heavy atom. The number of halogens is 1. The summed E-state index contributed by atoms with van der Waals surface area (Å²) >= 11 is 0. The fourth-order valence-corrected chi connectivity index (χ4v) is 2.59. The van der Waals surface area contributed by atoms with E-state index in [1.807, 2.05) is 0 Å². The molecule has 0 bridgehead atoms. The van der Waals surface area contributed by atoms with E-state index in [1.54, 1.807) is 0 Å². The summed E-state index contributed by atoms with van der Waals surface area (Å²) in [6.07, 6.45) is 12.1. The molecule has 0 rings (SSSR count). The zero-order valence-corrected chi connectivity index (χ0v) is 15.6. The minimum atomic E-state index is 0. The van der Waals surface area contributed by atoms with Crippen LogP contribution in [0.1, 0.15) is 71.6 Å². The molecule has 1 unspecified atom stereocenters. The Kier molecular flexibility index (Phi) is 17.4. The number of unbranched alkanes of at least 4 members (excludes halogenated alkanes) is 7. The van der Waals surface area contributed by atoms with Gasteiger partial charge in [-0.15, -0.1) is 0 Å². The molecule has 0 aliphatic carbocycles. The third-order valence-corrected chi connectivity index (χ3v) is 3.99. The van der Waals surface area contributed by atoms with Crippen LogP contribution in [0.4, 0.5) is 0 Å². The highest BCUT2D eigenvalue weighted by Crippen LogP contribution is 2.12. The predicted octanol–water partition coefficient (Wildman–Crippen LogP) is 0.980. The highest BCUT2D eigenvalue weighted by atomic mass is 127. The second-order valence-corrected chi connectivity index (χ2v) is 5.99. The lowest BCUT2D eigenvalue weighted by atomic mass is 10.1.